The molecule has 0 aliphatic rings. The summed E-state index contributed by atoms with van der Waals surface area (Å²) in [6.45, 7) is 6.84. The molecule has 0 aromatic heterocycles. The van der Waals surface area contributed by atoms with Crippen molar-refractivity contribution in [1.29, 1.82) is 0 Å². The van der Waals surface area contributed by atoms with Crippen LogP contribution >= 0.6 is 0 Å². The number of carbonyl (C=O) groups is 3. The quantitative estimate of drug-likeness (QED) is 0.0138. The Hall–Kier alpha value is -6.50. The lowest BCUT2D eigenvalue weighted by molar-refractivity contribution is -0.763. The van der Waals surface area contributed by atoms with Gasteiger partial charge < -0.3 is 34.5 Å². The van der Waals surface area contributed by atoms with Crippen LogP contribution in [0.25, 0.3) is 11.1 Å². The number of esters is 1. The van der Waals surface area contributed by atoms with Crippen molar-refractivity contribution in [2.75, 3.05) is 13.2 Å². The third kappa shape index (κ3) is 14.9. The van der Waals surface area contributed by atoms with E-state index in [1.807, 2.05) is 57.2 Å². The number of rotatable bonds is 23. The van der Waals surface area contributed by atoms with Gasteiger partial charge in [0.15, 0.2) is 5.84 Å². The van der Waals surface area contributed by atoms with E-state index in [4.69, 9.17) is 25.8 Å². The van der Waals surface area contributed by atoms with Gasteiger partial charge in [-0.3, -0.25) is 4.79 Å². The Morgan fingerprint density at radius 2 is 1.54 bits per heavy atom. The van der Waals surface area contributed by atoms with Crippen LogP contribution in [-0.2, 0) is 41.9 Å². The number of hydrogen-bond acceptors (Lipinski definition) is 15. The van der Waals surface area contributed by atoms with Crippen molar-refractivity contribution < 1.29 is 48.4 Å². The molecule has 57 heavy (non-hydrogen) atoms. The Labute approximate surface area is 329 Å². The van der Waals surface area contributed by atoms with Crippen LogP contribution in [0, 0.1) is 26.1 Å². The van der Waals surface area contributed by atoms with Gasteiger partial charge in [0, 0.05) is 18.5 Å². The van der Waals surface area contributed by atoms with Crippen molar-refractivity contribution in [3.05, 3.63) is 110 Å². The van der Waals surface area contributed by atoms with Gasteiger partial charge in [0.2, 0.25) is 12.1 Å². The second-order valence-electron chi connectivity index (χ2n) is 13.1. The summed E-state index contributed by atoms with van der Waals surface area (Å²) < 4.78 is 15.9. The van der Waals surface area contributed by atoms with E-state index in [9.17, 15) is 34.6 Å². The maximum absolute atomic E-state index is 13.5. The van der Waals surface area contributed by atoms with Crippen molar-refractivity contribution >= 4 is 23.9 Å². The molecule has 19 heteroatoms. The van der Waals surface area contributed by atoms with Crippen molar-refractivity contribution in [3.8, 4) is 16.9 Å². The number of nitrogens with two attached hydrogens (primary N) is 2. The number of hydrogen-bond donors (Lipinski definition) is 2. The molecule has 0 heterocycles. The molecule has 0 radical (unpaired) electrons. The molecule has 19 nitrogen and oxygen atoms in total. The van der Waals surface area contributed by atoms with Crippen LogP contribution in [0.4, 0.5) is 4.79 Å². The van der Waals surface area contributed by atoms with Crippen LogP contribution in [0.3, 0.4) is 0 Å². The predicted octanol–water partition coefficient (Wildman–Crippen LogP) is 5.49. The summed E-state index contributed by atoms with van der Waals surface area (Å²) in [5.41, 5.74) is 9.54. The molecule has 0 aliphatic carbocycles. The van der Waals surface area contributed by atoms with E-state index in [-0.39, 0.29) is 56.2 Å². The van der Waals surface area contributed by atoms with E-state index in [0.29, 0.717) is 36.0 Å². The van der Waals surface area contributed by atoms with E-state index in [2.05, 4.69) is 14.8 Å². The molecule has 4 N–H and O–H groups in total. The van der Waals surface area contributed by atoms with Gasteiger partial charge in [-0.2, -0.15) is 5.12 Å². The number of amides is 1. The normalized spacial score (nSPS) is 12.2. The second-order valence-corrected chi connectivity index (χ2v) is 13.1. The van der Waals surface area contributed by atoms with Crippen LogP contribution in [0.15, 0.2) is 77.9 Å². The molecule has 0 saturated heterocycles. The molecular formula is C38H49N7O12. The summed E-state index contributed by atoms with van der Waals surface area (Å²) >= 11 is 0. The van der Waals surface area contributed by atoms with Gasteiger partial charge in [-0.1, -0.05) is 87.9 Å². The van der Waals surface area contributed by atoms with E-state index >= 15 is 0 Å². The SMILES string of the molecule is CCCCC(=O)N(Cc1ccc(-c2ccccc2/C(N)=N/N(N)C(C)OC(=O)Oc2cccc(CO[N+](=O)[O-])c2)cc1)C(C(=O)OCCCCO[N+](=O)[O-])C(C)C. The van der Waals surface area contributed by atoms with Gasteiger partial charge in [-0.25, -0.2) is 15.4 Å². The van der Waals surface area contributed by atoms with Crippen LogP contribution < -0.4 is 16.3 Å². The zero-order chi connectivity index (χ0) is 41.9. The molecule has 3 aromatic carbocycles. The fraction of sp³-hybridized carbons (Fsp3) is 0.421. The fourth-order valence-corrected chi connectivity index (χ4v) is 5.52. The number of benzene rings is 3. The van der Waals surface area contributed by atoms with Gasteiger partial charge in [0.05, 0.1) is 13.2 Å². The molecule has 3 aromatic rings. The lowest BCUT2D eigenvalue weighted by Crippen LogP contribution is -2.48. The Kier molecular flexibility index (Phi) is 17.9. The summed E-state index contributed by atoms with van der Waals surface area (Å²) in [6.07, 6.45) is 0.156. The lowest BCUT2D eigenvalue weighted by atomic mass is 9.97. The molecule has 1 amide bonds. The standard InChI is InChI=1S/C38H49N7O12/c1-5-6-16-34(46)42(35(26(2)3)37(47)53-21-9-10-22-54-44(49)50)24-28-17-19-30(20-18-28)32-14-7-8-15-33(32)36(39)41-43(40)27(4)56-38(48)57-31-13-11-12-29(23-31)25-55-45(51)52/h7-8,11-15,17-20,23,26-27,35H,5-6,9-10,16,21-22,24-25,40H2,1-4H3,(H2,39,41). The predicted molar refractivity (Wildman–Crippen MR) is 205 cm³/mol. The lowest BCUT2D eigenvalue weighted by Gasteiger charge is -2.33. The van der Waals surface area contributed by atoms with Gasteiger partial charge in [-0.05, 0) is 66.5 Å². The van der Waals surface area contributed by atoms with E-state index in [0.717, 1.165) is 22.7 Å². The van der Waals surface area contributed by atoms with Crippen molar-refractivity contribution in [1.82, 2.24) is 10.0 Å². The van der Waals surface area contributed by atoms with Gasteiger partial charge in [0.1, 0.15) is 18.4 Å². The van der Waals surface area contributed by atoms with Crippen molar-refractivity contribution in [2.24, 2.45) is 22.6 Å². The zero-order valence-electron chi connectivity index (χ0n) is 32.3. The Bertz CT molecular complexity index is 1840. The maximum atomic E-state index is 13.5. The minimum absolute atomic E-state index is 0.00998. The average molecular weight is 796 g/mol. The molecule has 308 valence electrons. The van der Waals surface area contributed by atoms with Crippen LogP contribution in [0.1, 0.15) is 76.5 Å². The number of hydrazone groups is 1. The molecular weight excluding hydrogens is 746 g/mol. The first-order chi connectivity index (χ1) is 27.2. The summed E-state index contributed by atoms with van der Waals surface area (Å²) in [7, 11) is 0. The van der Waals surface area contributed by atoms with Gasteiger partial charge in [0.25, 0.3) is 10.2 Å². The van der Waals surface area contributed by atoms with E-state index < -0.39 is 34.6 Å². The second kappa shape index (κ2) is 22.8. The monoisotopic (exact) mass is 795 g/mol. The van der Waals surface area contributed by atoms with E-state index in [1.54, 1.807) is 23.1 Å². The molecule has 2 atom stereocenters. The highest BCUT2D eigenvalue weighted by atomic mass is 17.0. The first kappa shape index (κ1) is 44.9. The van der Waals surface area contributed by atoms with Gasteiger partial charge >= 0.3 is 12.1 Å². The van der Waals surface area contributed by atoms with Crippen LogP contribution in [0.5, 0.6) is 5.75 Å². The first-order valence-corrected chi connectivity index (χ1v) is 18.2. The maximum Gasteiger partial charge on any atom is 0.515 e. The highest BCUT2D eigenvalue weighted by Gasteiger charge is 2.33. The number of carbonyl (C=O) groups excluding carboxylic acids is 3. The first-order valence-electron chi connectivity index (χ1n) is 18.2. The highest BCUT2D eigenvalue weighted by Crippen LogP contribution is 2.26. The molecule has 3 rings (SSSR count). The van der Waals surface area contributed by atoms with Crippen LogP contribution in [-0.4, -0.2) is 69.5 Å². The highest BCUT2D eigenvalue weighted by molar-refractivity contribution is 6.03. The number of nitrogens with zero attached hydrogens (tertiary/aromatic N) is 5. The zero-order valence-corrected chi connectivity index (χ0v) is 32.3. The minimum Gasteiger partial charge on any atom is -0.464 e. The smallest absolute Gasteiger partial charge is 0.464 e. The molecule has 0 fully saturated rings. The Morgan fingerprint density at radius 3 is 2.21 bits per heavy atom. The van der Waals surface area contributed by atoms with E-state index in [1.165, 1.54) is 25.1 Å². The number of ether oxygens (including phenoxy) is 3. The molecule has 2 unspecified atom stereocenters. The van der Waals surface area contributed by atoms with Crippen molar-refractivity contribution in [2.45, 2.75) is 85.2 Å². The molecule has 0 bridgehead atoms. The minimum atomic E-state index is -1.13. The molecule has 0 saturated carbocycles. The summed E-state index contributed by atoms with van der Waals surface area (Å²) in [4.78, 5) is 70.3. The third-order valence-corrected chi connectivity index (χ3v) is 8.37. The fourth-order valence-electron chi connectivity index (χ4n) is 5.52. The third-order valence-electron chi connectivity index (χ3n) is 8.37. The topological polar surface area (TPSA) is 255 Å². The number of unbranched alkanes of at least 4 members (excludes halogenated alkanes) is 2. The molecule has 0 spiro atoms. The summed E-state index contributed by atoms with van der Waals surface area (Å²) in [5, 5.41) is 24.1. The number of amidine groups is 1. The largest absolute Gasteiger partial charge is 0.515 e. The van der Waals surface area contributed by atoms with Gasteiger partial charge in [-0.15, -0.1) is 25.3 Å². The Morgan fingerprint density at radius 1 is 0.860 bits per heavy atom. The van der Waals surface area contributed by atoms with Crippen LogP contribution in [0.2, 0.25) is 0 Å². The Balaban J connectivity index is 1.72. The van der Waals surface area contributed by atoms with Crippen molar-refractivity contribution in [3.63, 3.8) is 0 Å². The summed E-state index contributed by atoms with van der Waals surface area (Å²) in [5.74, 6) is 5.15. The average Bonchev–Trinajstić information content (AvgIpc) is 3.17. The summed E-state index contributed by atoms with van der Waals surface area (Å²) in [6, 6.07) is 19.6. The molecule has 0 aliphatic heterocycles. The number of hydrazine groups is 1.